The molecule has 1 atom stereocenters. The average molecular weight is 561 g/mol. The van der Waals surface area contributed by atoms with Gasteiger partial charge in [-0.25, -0.2) is 0 Å². The third kappa shape index (κ3) is 6.76. The Labute approximate surface area is 226 Å². The summed E-state index contributed by atoms with van der Waals surface area (Å²) in [7, 11) is 1.82. The van der Waals surface area contributed by atoms with Gasteiger partial charge in [0, 0.05) is 78.8 Å². The van der Waals surface area contributed by atoms with Crippen LogP contribution in [0.1, 0.15) is 28.3 Å². The van der Waals surface area contributed by atoms with Crippen molar-refractivity contribution in [2.24, 2.45) is 0 Å². The number of halogens is 4. The number of hydrogen-bond donors (Lipinski definition) is 0. The molecule has 9 heteroatoms. The number of carbonyl (C=O) groups excluding carboxylic acids is 1. The Morgan fingerprint density at radius 2 is 1.71 bits per heavy atom. The minimum atomic E-state index is -0.110. The van der Waals surface area contributed by atoms with Gasteiger partial charge in [0.15, 0.2) is 0 Å². The van der Waals surface area contributed by atoms with Gasteiger partial charge in [-0.2, -0.15) is 11.8 Å². The molecule has 2 heterocycles. The molecule has 0 saturated carbocycles. The maximum atomic E-state index is 13.1. The van der Waals surface area contributed by atoms with Crippen LogP contribution >= 0.6 is 58.2 Å². The van der Waals surface area contributed by atoms with Crippen molar-refractivity contribution in [3.8, 4) is 0 Å². The van der Waals surface area contributed by atoms with E-state index in [1.165, 1.54) is 24.6 Å². The average Bonchev–Trinajstić information content (AvgIpc) is 2.78. The molecule has 0 aliphatic carbocycles. The third-order valence-electron chi connectivity index (χ3n) is 6.66. The summed E-state index contributed by atoms with van der Waals surface area (Å²) in [5.41, 5.74) is 1.57. The van der Waals surface area contributed by atoms with Crippen LogP contribution < -0.4 is 0 Å². The van der Waals surface area contributed by atoms with Crippen LogP contribution in [0.4, 0.5) is 0 Å². The molecule has 184 valence electrons. The molecule has 0 N–H and O–H groups in total. The number of carbonyl (C=O) groups is 1. The highest BCUT2D eigenvalue weighted by Gasteiger charge is 2.32. The lowest BCUT2D eigenvalue weighted by molar-refractivity contribution is 0.0371. The second kappa shape index (κ2) is 12.1. The lowest BCUT2D eigenvalue weighted by Crippen LogP contribution is -2.61. The molecule has 0 aromatic heterocycles. The van der Waals surface area contributed by atoms with Crippen LogP contribution in [-0.4, -0.2) is 84.5 Å². The molecule has 2 aliphatic rings. The number of rotatable bonds is 8. The molecule has 0 spiro atoms. The number of thioether (sulfide) groups is 1. The van der Waals surface area contributed by atoms with E-state index in [0.29, 0.717) is 38.2 Å². The van der Waals surface area contributed by atoms with Crippen molar-refractivity contribution < 1.29 is 4.79 Å². The normalized spacial score (nSPS) is 18.5. The molecule has 2 aliphatic heterocycles. The molecule has 2 fully saturated rings. The SMILES string of the molecule is CN(C[C@@H](CCN1CC(N2CCSCC2)C1)c1ccc(Cl)c(Cl)c1)C(=O)c1cc(Cl)cc(Cl)c1. The summed E-state index contributed by atoms with van der Waals surface area (Å²) in [5.74, 6) is 2.51. The van der Waals surface area contributed by atoms with Crippen LogP contribution in [-0.2, 0) is 0 Å². The summed E-state index contributed by atoms with van der Waals surface area (Å²) in [6.45, 7) is 6.19. The standard InChI is InChI=1S/C25H29Cl4N3OS/c1-30(25(33)19-10-20(26)13-21(27)11-19)14-18(17-2-3-23(28)24(29)12-17)4-5-31-15-22(16-31)32-6-8-34-9-7-32/h2-3,10-13,18,22H,4-9,14-16H2,1H3/t18-/m1/s1. The monoisotopic (exact) mass is 559 g/mol. The van der Waals surface area contributed by atoms with Crippen LogP contribution in [0.25, 0.3) is 0 Å². The van der Waals surface area contributed by atoms with E-state index in [0.717, 1.165) is 31.6 Å². The Morgan fingerprint density at radius 3 is 2.35 bits per heavy atom. The quantitative estimate of drug-likeness (QED) is 0.379. The van der Waals surface area contributed by atoms with E-state index in [1.54, 1.807) is 23.1 Å². The smallest absolute Gasteiger partial charge is 0.253 e. The predicted octanol–water partition coefficient (Wildman–Crippen LogP) is 6.28. The predicted molar refractivity (Wildman–Crippen MR) is 146 cm³/mol. The van der Waals surface area contributed by atoms with E-state index in [-0.39, 0.29) is 11.8 Å². The Kier molecular flexibility index (Phi) is 9.36. The second-order valence-electron chi connectivity index (χ2n) is 9.06. The lowest BCUT2D eigenvalue weighted by atomic mass is 9.93. The van der Waals surface area contributed by atoms with E-state index >= 15 is 0 Å². The minimum Gasteiger partial charge on any atom is -0.341 e. The van der Waals surface area contributed by atoms with Crippen molar-refractivity contribution in [1.82, 2.24) is 14.7 Å². The molecule has 2 saturated heterocycles. The van der Waals surface area contributed by atoms with Crippen molar-refractivity contribution in [1.29, 1.82) is 0 Å². The highest BCUT2D eigenvalue weighted by atomic mass is 35.5. The summed E-state index contributed by atoms with van der Waals surface area (Å²) >= 11 is 26.8. The Bertz CT molecular complexity index is 991. The van der Waals surface area contributed by atoms with Gasteiger partial charge in [-0.1, -0.05) is 52.5 Å². The molecular weight excluding hydrogens is 532 g/mol. The first kappa shape index (κ1) is 26.4. The molecule has 0 bridgehead atoms. The summed E-state index contributed by atoms with van der Waals surface area (Å²) < 4.78 is 0. The minimum absolute atomic E-state index is 0.110. The number of benzene rings is 2. The highest BCUT2D eigenvalue weighted by Crippen LogP contribution is 2.30. The zero-order chi connectivity index (χ0) is 24.2. The van der Waals surface area contributed by atoms with Gasteiger partial charge in [-0.05, 0) is 48.9 Å². The van der Waals surface area contributed by atoms with Gasteiger partial charge < -0.3 is 9.80 Å². The zero-order valence-corrected chi connectivity index (χ0v) is 23.0. The molecular formula is C25H29Cl4N3OS. The van der Waals surface area contributed by atoms with Crippen LogP contribution in [0.3, 0.4) is 0 Å². The van der Waals surface area contributed by atoms with Crippen molar-refractivity contribution >= 4 is 64.1 Å². The number of amides is 1. The first-order valence-electron chi connectivity index (χ1n) is 11.5. The maximum Gasteiger partial charge on any atom is 0.253 e. The summed E-state index contributed by atoms with van der Waals surface area (Å²) in [6, 6.07) is 11.4. The van der Waals surface area contributed by atoms with Crippen molar-refractivity contribution in [2.45, 2.75) is 18.4 Å². The van der Waals surface area contributed by atoms with Crippen LogP contribution in [0.15, 0.2) is 36.4 Å². The Balaban J connectivity index is 1.40. The molecule has 4 nitrogen and oxygen atoms in total. The Hall–Kier alpha value is -0.660. The van der Waals surface area contributed by atoms with Gasteiger partial charge in [-0.3, -0.25) is 9.69 Å². The topological polar surface area (TPSA) is 26.8 Å². The summed E-state index contributed by atoms with van der Waals surface area (Å²) in [5, 5.41) is 1.97. The fourth-order valence-corrected chi connectivity index (χ4v) is 6.44. The summed E-state index contributed by atoms with van der Waals surface area (Å²) in [4.78, 5) is 20.0. The van der Waals surface area contributed by atoms with Gasteiger partial charge in [0.1, 0.15) is 0 Å². The van der Waals surface area contributed by atoms with E-state index < -0.39 is 0 Å². The number of likely N-dealkylation sites (tertiary alicyclic amines) is 1. The first-order valence-corrected chi connectivity index (χ1v) is 14.2. The molecule has 0 radical (unpaired) electrons. The largest absolute Gasteiger partial charge is 0.341 e. The third-order valence-corrected chi connectivity index (χ3v) is 8.78. The lowest BCUT2D eigenvalue weighted by Gasteiger charge is -2.47. The highest BCUT2D eigenvalue weighted by molar-refractivity contribution is 7.99. The van der Waals surface area contributed by atoms with E-state index in [4.69, 9.17) is 46.4 Å². The van der Waals surface area contributed by atoms with Crippen molar-refractivity contribution in [2.75, 3.05) is 57.8 Å². The molecule has 34 heavy (non-hydrogen) atoms. The van der Waals surface area contributed by atoms with Crippen LogP contribution in [0.5, 0.6) is 0 Å². The van der Waals surface area contributed by atoms with E-state index in [9.17, 15) is 4.79 Å². The van der Waals surface area contributed by atoms with Gasteiger partial charge in [0.25, 0.3) is 5.91 Å². The maximum absolute atomic E-state index is 13.1. The van der Waals surface area contributed by atoms with Gasteiger partial charge in [0.05, 0.1) is 10.0 Å². The van der Waals surface area contributed by atoms with E-state index in [1.807, 2.05) is 25.2 Å². The first-order chi connectivity index (χ1) is 16.3. The van der Waals surface area contributed by atoms with Crippen molar-refractivity contribution in [3.63, 3.8) is 0 Å². The fraction of sp³-hybridized carbons (Fsp3) is 0.480. The molecule has 2 aromatic carbocycles. The van der Waals surface area contributed by atoms with Crippen LogP contribution in [0, 0.1) is 0 Å². The van der Waals surface area contributed by atoms with E-state index in [2.05, 4.69) is 21.6 Å². The number of likely N-dealkylation sites (N-methyl/N-ethyl adjacent to an activating group) is 1. The van der Waals surface area contributed by atoms with Gasteiger partial charge >= 0.3 is 0 Å². The molecule has 1 amide bonds. The Morgan fingerprint density at radius 1 is 1.03 bits per heavy atom. The number of nitrogens with zero attached hydrogens (tertiary/aromatic N) is 3. The molecule has 4 rings (SSSR count). The molecule has 2 aromatic rings. The van der Waals surface area contributed by atoms with Crippen LogP contribution in [0.2, 0.25) is 20.1 Å². The molecule has 0 unspecified atom stereocenters. The second-order valence-corrected chi connectivity index (χ2v) is 12.0. The van der Waals surface area contributed by atoms with Gasteiger partial charge in [0.2, 0.25) is 0 Å². The summed E-state index contributed by atoms with van der Waals surface area (Å²) in [6.07, 6.45) is 0.925. The van der Waals surface area contributed by atoms with Crippen molar-refractivity contribution in [3.05, 3.63) is 67.6 Å². The fourth-order valence-electron chi connectivity index (χ4n) is 4.68. The number of hydrogen-bond acceptors (Lipinski definition) is 4. The zero-order valence-electron chi connectivity index (χ0n) is 19.2. The van der Waals surface area contributed by atoms with Gasteiger partial charge in [-0.15, -0.1) is 0 Å².